The number of rotatable bonds is 5. The highest BCUT2D eigenvalue weighted by Gasteiger charge is 2.04. The van der Waals surface area contributed by atoms with E-state index in [1.807, 2.05) is 29.1 Å². The lowest BCUT2D eigenvalue weighted by Crippen LogP contribution is -2.06. The normalized spacial score (nSPS) is 10.7. The molecule has 0 unspecified atom stereocenters. The van der Waals surface area contributed by atoms with Crippen molar-refractivity contribution in [1.82, 2.24) is 4.57 Å². The van der Waals surface area contributed by atoms with E-state index in [2.05, 4.69) is 13.8 Å². The minimum Gasteiger partial charge on any atom is -0.354 e. The van der Waals surface area contributed by atoms with Crippen LogP contribution in [0.3, 0.4) is 0 Å². The van der Waals surface area contributed by atoms with E-state index < -0.39 is 0 Å². The highest BCUT2D eigenvalue weighted by molar-refractivity contribution is 5.78. The molecular formula is C11H17NO. The van der Waals surface area contributed by atoms with E-state index >= 15 is 0 Å². The summed E-state index contributed by atoms with van der Waals surface area (Å²) < 4.78 is 2.04. The first kappa shape index (κ1) is 10.0. The Bertz CT molecular complexity index is 249. The van der Waals surface area contributed by atoms with E-state index in [-0.39, 0.29) is 0 Å². The van der Waals surface area contributed by atoms with Gasteiger partial charge >= 0.3 is 0 Å². The second kappa shape index (κ2) is 4.85. The lowest BCUT2D eigenvalue weighted by atomic mass is 10.1. The average molecular weight is 179 g/mol. The molecule has 0 radical (unpaired) electrons. The number of nitrogens with zero attached hydrogens (tertiary/aromatic N) is 1. The molecule has 0 bridgehead atoms. The van der Waals surface area contributed by atoms with E-state index in [1.54, 1.807) is 0 Å². The Kier molecular flexibility index (Phi) is 3.74. The van der Waals surface area contributed by atoms with Crippen molar-refractivity contribution >= 4 is 5.78 Å². The Morgan fingerprint density at radius 2 is 1.92 bits per heavy atom. The molecule has 2 heteroatoms. The lowest BCUT2D eigenvalue weighted by Gasteiger charge is -2.04. The molecule has 0 saturated heterocycles. The van der Waals surface area contributed by atoms with E-state index in [0.29, 0.717) is 24.5 Å². The molecule has 13 heavy (non-hydrogen) atoms. The van der Waals surface area contributed by atoms with E-state index in [1.165, 1.54) is 0 Å². The van der Waals surface area contributed by atoms with Gasteiger partial charge in [0.2, 0.25) is 0 Å². The number of aromatic nitrogens is 1. The molecular weight excluding hydrogens is 162 g/mol. The summed E-state index contributed by atoms with van der Waals surface area (Å²) in [5, 5.41) is 0. The summed E-state index contributed by atoms with van der Waals surface area (Å²) in [4.78, 5) is 11.3. The molecule has 0 atom stereocenters. The second-order valence-electron chi connectivity index (χ2n) is 3.81. The van der Waals surface area contributed by atoms with E-state index in [4.69, 9.17) is 0 Å². The molecule has 0 aromatic carbocycles. The molecule has 1 rings (SSSR count). The number of aryl methyl sites for hydroxylation is 1. The van der Waals surface area contributed by atoms with Crippen LogP contribution in [0.5, 0.6) is 0 Å². The van der Waals surface area contributed by atoms with Crippen molar-refractivity contribution < 1.29 is 4.79 Å². The third-order valence-corrected chi connectivity index (χ3v) is 1.95. The quantitative estimate of drug-likeness (QED) is 0.680. The van der Waals surface area contributed by atoms with Crippen LogP contribution in [-0.2, 0) is 11.3 Å². The third-order valence-electron chi connectivity index (χ3n) is 1.95. The standard InChI is InChI=1S/C11H17NO/c1-10(2)9-11(13)5-8-12-6-3-4-7-12/h3-4,6-7,10H,5,8-9H2,1-2H3. The molecule has 2 nitrogen and oxygen atoms in total. The van der Waals surface area contributed by atoms with E-state index in [9.17, 15) is 4.79 Å². The van der Waals surface area contributed by atoms with Gasteiger partial charge in [0.1, 0.15) is 5.78 Å². The van der Waals surface area contributed by atoms with Crippen molar-refractivity contribution in [2.75, 3.05) is 0 Å². The van der Waals surface area contributed by atoms with Crippen molar-refractivity contribution in [3.8, 4) is 0 Å². The van der Waals surface area contributed by atoms with Crippen molar-refractivity contribution in [3.05, 3.63) is 24.5 Å². The molecule has 1 aromatic heterocycles. The van der Waals surface area contributed by atoms with Crippen LogP contribution in [0.1, 0.15) is 26.7 Å². The van der Waals surface area contributed by atoms with Gasteiger partial charge in [-0.1, -0.05) is 13.8 Å². The maximum Gasteiger partial charge on any atom is 0.134 e. The number of Topliss-reactive ketones (excluding diaryl/α,β-unsaturated/α-hetero) is 1. The largest absolute Gasteiger partial charge is 0.354 e. The van der Waals surface area contributed by atoms with Crippen molar-refractivity contribution in [3.63, 3.8) is 0 Å². The summed E-state index contributed by atoms with van der Waals surface area (Å²) >= 11 is 0. The van der Waals surface area contributed by atoms with Gasteiger partial charge in [-0.25, -0.2) is 0 Å². The SMILES string of the molecule is CC(C)CC(=O)CCn1cccc1. The van der Waals surface area contributed by atoms with Gasteiger partial charge in [0.25, 0.3) is 0 Å². The first-order valence-electron chi connectivity index (χ1n) is 4.81. The summed E-state index contributed by atoms with van der Waals surface area (Å²) in [6.45, 7) is 4.97. The van der Waals surface area contributed by atoms with Crippen LogP contribution >= 0.6 is 0 Å². The summed E-state index contributed by atoms with van der Waals surface area (Å²) in [5.41, 5.74) is 0. The molecule has 0 amide bonds. The summed E-state index contributed by atoms with van der Waals surface area (Å²) in [6.07, 6.45) is 5.35. The van der Waals surface area contributed by atoms with Crippen LogP contribution in [0, 0.1) is 5.92 Å². The van der Waals surface area contributed by atoms with Gasteiger partial charge in [-0.2, -0.15) is 0 Å². The van der Waals surface area contributed by atoms with Gasteiger partial charge in [0.15, 0.2) is 0 Å². The zero-order valence-corrected chi connectivity index (χ0v) is 8.36. The molecule has 0 aliphatic carbocycles. The molecule has 1 aromatic rings. The Morgan fingerprint density at radius 3 is 2.46 bits per heavy atom. The zero-order chi connectivity index (χ0) is 9.68. The molecule has 0 spiro atoms. The first-order valence-corrected chi connectivity index (χ1v) is 4.81. The molecule has 0 aliphatic rings. The van der Waals surface area contributed by atoms with Gasteiger partial charge in [0.05, 0.1) is 0 Å². The van der Waals surface area contributed by atoms with Crippen molar-refractivity contribution in [1.29, 1.82) is 0 Å². The number of ketones is 1. The number of carbonyl (C=O) groups is 1. The maximum atomic E-state index is 11.3. The van der Waals surface area contributed by atoms with Gasteiger partial charge in [-0.05, 0) is 18.1 Å². The zero-order valence-electron chi connectivity index (χ0n) is 8.36. The highest BCUT2D eigenvalue weighted by Crippen LogP contribution is 2.04. The molecule has 72 valence electrons. The van der Waals surface area contributed by atoms with Crippen LogP contribution in [0.2, 0.25) is 0 Å². The van der Waals surface area contributed by atoms with Gasteiger partial charge in [-0.15, -0.1) is 0 Å². The highest BCUT2D eigenvalue weighted by atomic mass is 16.1. The topological polar surface area (TPSA) is 22.0 Å². The van der Waals surface area contributed by atoms with E-state index in [0.717, 1.165) is 6.54 Å². The Hall–Kier alpha value is -1.05. The van der Waals surface area contributed by atoms with Gasteiger partial charge in [0, 0.05) is 31.8 Å². The second-order valence-corrected chi connectivity index (χ2v) is 3.81. The predicted molar refractivity (Wildman–Crippen MR) is 53.5 cm³/mol. The van der Waals surface area contributed by atoms with Crippen LogP contribution in [-0.4, -0.2) is 10.4 Å². The number of hydrogen-bond donors (Lipinski definition) is 0. The molecule has 1 heterocycles. The monoisotopic (exact) mass is 179 g/mol. The third kappa shape index (κ3) is 3.92. The lowest BCUT2D eigenvalue weighted by molar-refractivity contribution is -0.119. The minimum absolute atomic E-state index is 0.365. The summed E-state index contributed by atoms with van der Waals surface area (Å²) in [7, 11) is 0. The number of hydrogen-bond acceptors (Lipinski definition) is 1. The molecule has 0 N–H and O–H groups in total. The number of carbonyl (C=O) groups excluding carboxylic acids is 1. The Labute approximate surface area is 79.6 Å². The van der Waals surface area contributed by atoms with Gasteiger partial charge in [-0.3, -0.25) is 4.79 Å². The molecule has 0 fully saturated rings. The fourth-order valence-corrected chi connectivity index (χ4v) is 1.33. The van der Waals surface area contributed by atoms with Crippen molar-refractivity contribution in [2.24, 2.45) is 5.92 Å². The first-order chi connectivity index (χ1) is 6.18. The van der Waals surface area contributed by atoms with Crippen LogP contribution in [0.25, 0.3) is 0 Å². The van der Waals surface area contributed by atoms with Crippen LogP contribution in [0.4, 0.5) is 0 Å². The Morgan fingerprint density at radius 1 is 1.31 bits per heavy atom. The predicted octanol–water partition coefficient (Wildman–Crippen LogP) is 2.49. The van der Waals surface area contributed by atoms with Crippen LogP contribution < -0.4 is 0 Å². The summed E-state index contributed by atoms with van der Waals surface area (Å²) in [6, 6.07) is 3.96. The van der Waals surface area contributed by atoms with Crippen LogP contribution in [0.15, 0.2) is 24.5 Å². The summed E-state index contributed by atoms with van der Waals surface area (Å²) in [5.74, 6) is 0.848. The Balaban J connectivity index is 2.23. The average Bonchev–Trinajstić information content (AvgIpc) is 2.51. The minimum atomic E-state index is 0.365. The van der Waals surface area contributed by atoms with Gasteiger partial charge < -0.3 is 4.57 Å². The molecule has 0 aliphatic heterocycles. The molecule has 0 saturated carbocycles. The fourth-order valence-electron chi connectivity index (χ4n) is 1.33. The van der Waals surface area contributed by atoms with Crippen molar-refractivity contribution in [2.45, 2.75) is 33.2 Å². The fraction of sp³-hybridized carbons (Fsp3) is 0.545. The smallest absolute Gasteiger partial charge is 0.134 e. The maximum absolute atomic E-state index is 11.3.